The van der Waals surface area contributed by atoms with E-state index in [9.17, 15) is 18.0 Å². The van der Waals surface area contributed by atoms with Crippen molar-refractivity contribution >= 4 is 66.7 Å². The number of hydrogen-bond donors (Lipinski definition) is 1. The first-order chi connectivity index (χ1) is 21.9. The van der Waals surface area contributed by atoms with Crippen molar-refractivity contribution in [3.8, 4) is 0 Å². The van der Waals surface area contributed by atoms with E-state index in [1.165, 1.54) is 17.0 Å². The van der Waals surface area contributed by atoms with Crippen LogP contribution in [-0.2, 0) is 32.6 Å². The Labute approximate surface area is 289 Å². The maximum absolute atomic E-state index is 14.6. The molecule has 46 heavy (non-hydrogen) atoms. The summed E-state index contributed by atoms with van der Waals surface area (Å²) in [7, 11) is -4.22. The van der Waals surface area contributed by atoms with Gasteiger partial charge in [-0.25, -0.2) is 8.42 Å². The Kier molecular flexibility index (Phi) is 12.3. The number of amides is 2. The molecule has 4 rings (SSSR count). The van der Waals surface area contributed by atoms with Gasteiger partial charge in [0.2, 0.25) is 11.8 Å². The number of halogens is 3. The van der Waals surface area contributed by atoms with Gasteiger partial charge in [-0.2, -0.15) is 0 Å². The minimum absolute atomic E-state index is 0.0297. The summed E-state index contributed by atoms with van der Waals surface area (Å²) in [5, 5.41) is 3.61. The van der Waals surface area contributed by atoms with E-state index in [1.807, 2.05) is 51.1 Å². The number of aryl methyl sites for hydroxylation is 1. The molecular weight excluding hydrogens is 709 g/mol. The van der Waals surface area contributed by atoms with E-state index in [2.05, 4.69) is 21.2 Å². The lowest BCUT2D eigenvalue weighted by Gasteiger charge is -2.34. The summed E-state index contributed by atoms with van der Waals surface area (Å²) >= 11 is 16.6. The van der Waals surface area contributed by atoms with E-state index in [0.29, 0.717) is 26.6 Å². The third-order valence-corrected chi connectivity index (χ3v) is 10.3. The van der Waals surface area contributed by atoms with Gasteiger partial charge >= 0.3 is 0 Å². The van der Waals surface area contributed by atoms with Crippen molar-refractivity contribution in [2.75, 3.05) is 17.4 Å². The monoisotopic (exact) mass is 743 g/mol. The molecule has 0 fully saturated rings. The molecule has 0 aromatic heterocycles. The van der Waals surface area contributed by atoms with E-state index in [1.54, 1.807) is 54.6 Å². The van der Waals surface area contributed by atoms with Crippen LogP contribution in [0.1, 0.15) is 30.5 Å². The quantitative estimate of drug-likeness (QED) is 0.152. The van der Waals surface area contributed by atoms with Gasteiger partial charge < -0.3 is 10.2 Å². The molecule has 1 N–H and O–H groups in total. The molecular formula is C35H36BrCl2N3O4S. The standard InChI is InChI=1S/C35H36BrCl2N3O4S/c1-24(2)21-39-35(43)33(19-26-9-5-4-6-10-26)40(22-30-31(37)13-8-14-32(30)38)34(42)23-41(28-12-7-11-27(36)20-28)46(44,45)29-17-15-25(3)16-18-29/h4-18,20,24,33H,19,21-23H2,1-3H3,(H,39,43). The second kappa shape index (κ2) is 16.0. The molecule has 242 valence electrons. The molecule has 0 spiro atoms. The van der Waals surface area contributed by atoms with Gasteiger partial charge in [0.25, 0.3) is 10.0 Å². The van der Waals surface area contributed by atoms with Crippen LogP contribution in [-0.4, -0.2) is 44.3 Å². The van der Waals surface area contributed by atoms with Crippen LogP contribution in [0.2, 0.25) is 10.0 Å². The Morgan fingerprint density at radius 2 is 1.50 bits per heavy atom. The van der Waals surface area contributed by atoms with Crippen LogP contribution in [0, 0.1) is 12.8 Å². The first-order valence-corrected chi connectivity index (χ1v) is 17.7. The Morgan fingerprint density at radius 1 is 0.870 bits per heavy atom. The van der Waals surface area contributed by atoms with Crippen LogP contribution in [0.4, 0.5) is 5.69 Å². The fraction of sp³-hybridized carbons (Fsp3) is 0.257. The predicted molar refractivity (Wildman–Crippen MR) is 189 cm³/mol. The highest BCUT2D eigenvalue weighted by Crippen LogP contribution is 2.30. The summed E-state index contributed by atoms with van der Waals surface area (Å²) in [6.45, 7) is 5.50. The maximum Gasteiger partial charge on any atom is 0.264 e. The molecule has 7 nitrogen and oxygen atoms in total. The summed E-state index contributed by atoms with van der Waals surface area (Å²) in [6.07, 6.45) is 0.181. The van der Waals surface area contributed by atoms with Gasteiger partial charge in [-0.15, -0.1) is 0 Å². The average molecular weight is 746 g/mol. The molecule has 2 amide bonds. The van der Waals surface area contributed by atoms with Crippen LogP contribution in [0.25, 0.3) is 0 Å². The van der Waals surface area contributed by atoms with Crippen molar-refractivity contribution in [1.82, 2.24) is 10.2 Å². The molecule has 0 heterocycles. The molecule has 0 aliphatic heterocycles. The number of sulfonamides is 1. The van der Waals surface area contributed by atoms with Crippen molar-refractivity contribution < 1.29 is 18.0 Å². The SMILES string of the molecule is Cc1ccc(S(=O)(=O)N(CC(=O)N(Cc2c(Cl)cccc2Cl)C(Cc2ccccc2)C(=O)NCC(C)C)c2cccc(Br)c2)cc1. The largest absolute Gasteiger partial charge is 0.354 e. The molecule has 0 bridgehead atoms. The highest BCUT2D eigenvalue weighted by Gasteiger charge is 2.35. The summed E-state index contributed by atoms with van der Waals surface area (Å²) in [4.78, 5) is 29.9. The number of nitrogens with one attached hydrogen (secondary N) is 1. The van der Waals surface area contributed by atoms with Crippen LogP contribution in [0.15, 0.2) is 106 Å². The van der Waals surface area contributed by atoms with Gasteiger partial charge in [-0.05, 0) is 60.9 Å². The molecule has 11 heteroatoms. The van der Waals surface area contributed by atoms with Gasteiger partial charge in [0.15, 0.2) is 0 Å². The molecule has 0 saturated heterocycles. The Hall–Kier alpha value is -3.37. The van der Waals surface area contributed by atoms with Crippen LogP contribution in [0.5, 0.6) is 0 Å². The van der Waals surface area contributed by atoms with Crippen molar-refractivity contribution in [3.05, 3.63) is 128 Å². The predicted octanol–water partition coefficient (Wildman–Crippen LogP) is 7.67. The molecule has 4 aromatic rings. The lowest BCUT2D eigenvalue weighted by Crippen LogP contribution is -2.53. The number of carbonyl (C=O) groups is 2. The van der Waals surface area contributed by atoms with Crippen LogP contribution >= 0.6 is 39.1 Å². The first kappa shape index (κ1) is 35.5. The fourth-order valence-corrected chi connectivity index (χ4v) is 7.14. The number of carbonyl (C=O) groups excluding carboxylic acids is 2. The molecule has 0 aliphatic carbocycles. The van der Waals surface area contributed by atoms with Gasteiger partial charge in [-0.3, -0.25) is 13.9 Å². The van der Waals surface area contributed by atoms with Crippen molar-refractivity contribution in [2.24, 2.45) is 5.92 Å². The number of anilines is 1. The Bertz CT molecular complexity index is 1750. The molecule has 0 radical (unpaired) electrons. The van der Waals surface area contributed by atoms with E-state index in [0.717, 1.165) is 15.4 Å². The molecule has 1 unspecified atom stereocenters. The molecule has 0 aliphatic rings. The highest BCUT2D eigenvalue weighted by molar-refractivity contribution is 9.10. The second-order valence-electron chi connectivity index (χ2n) is 11.4. The number of hydrogen-bond acceptors (Lipinski definition) is 4. The zero-order valence-corrected chi connectivity index (χ0v) is 29.7. The minimum atomic E-state index is -4.22. The summed E-state index contributed by atoms with van der Waals surface area (Å²) in [5.74, 6) is -0.813. The number of nitrogens with zero attached hydrogens (tertiary/aromatic N) is 2. The second-order valence-corrected chi connectivity index (χ2v) is 15.0. The Balaban J connectivity index is 1.83. The Morgan fingerprint density at radius 3 is 2.11 bits per heavy atom. The zero-order chi connectivity index (χ0) is 33.4. The summed E-state index contributed by atoms with van der Waals surface area (Å²) < 4.78 is 30.0. The molecule has 4 aromatic carbocycles. The van der Waals surface area contributed by atoms with Crippen LogP contribution < -0.4 is 9.62 Å². The molecule has 1 atom stereocenters. The van der Waals surface area contributed by atoms with E-state index < -0.39 is 28.5 Å². The van der Waals surface area contributed by atoms with Crippen molar-refractivity contribution in [3.63, 3.8) is 0 Å². The summed E-state index contributed by atoms with van der Waals surface area (Å²) in [6, 6.07) is 26.5. The van der Waals surface area contributed by atoms with Gasteiger partial charge in [0, 0.05) is 39.6 Å². The van der Waals surface area contributed by atoms with Crippen molar-refractivity contribution in [2.45, 2.75) is 44.7 Å². The topological polar surface area (TPSA) is 86.8 Å². The normalized spacial score (nSPS) is 12.1. The zero-order valence-electron chi connectivity index (χ0n) is 25.8. The first-order valence-electron chi connectivity index (χ1n) is 14.8. The number of rotatable bonds is 13. The highest BCUT2D eigenvalue weighted by atomic mass is 79.9. The van der Waals surface area contributed by atoms with Gasteiger partial charge in [0.05, 0.1) is 10.6 Å². The minimum Gasteiger partial charge on any atom is -0.354 e. The maximum atomic E-state index is 14.6. The lowest BCUT2D eigenvalue weighted by molar-refractivity contribution is -0.140. The van der Waals surface area contributed by atoms with Crippen LogP contribution in [0.3, 0.4) is 0 Å². The third kappa shape index (κ3) is 9.12. The number of benzene rings is 4. The van der Waals surface area contributed by atoms with Gasteiger partial charge in [-0.1, -0.05) is 113 Å². The lowest BCUT2D eigenvalue weighted by atomic mass is 10.0. The van der Waals surface area contributed by atoms with E-state index in [4.69, 9.17) is 23.2 Å². The van der Waals surface area contributed by atoms with Crippen molar-refractivity contribution in [1.29, 1.82) is 0 Å². The average Bonchev–Trinajstić information content (AvgIpc) is 3.02. The van der Waals surface area contributed by atoms with E-state index >= 15 is 0 Å². The van der Waals surface area contributed by atoms with Gasteiger partial charge in [0.1, 0.15) is 12.6 Å². The van der Waals surface area contributed by atoms with E-state index in [-0.39, 0.29) is 35.4 Å². The third-order valence-electron chi connectivity index (χ3n) is 7.33. The fourth-order valence-electron chi connectivity index (χ4n) is 4.83. The summed E-state index contributed by atoms with van der Waals surface area (Å²) in [5.41, 5.74) is 2.45. The smallest absolute Gasteiger partial charge is 0.264 e. The molecule has 0 saturated carbocycles.